The van der Waals surface area contributed by atoms with E-state index in [1.807, 2.05) is 6.08 Å². The van der Waals surface area contributed by atoms with Gasteiger partial charge in [0.25, 0.3) is 0 Å². The molecule has 1 aliphatic carbocycles. The molecule has 0 bridgehead atoms. The lowest BCUT2D eigenvalue weighted by Crippen LogP contribution is -2.34. The van der Waals surface area contributed by atoms with Gasteiger partial charge in [-0.3, -0.25) is 9.69 Å². The highest BCUT2D eigenvalue weighted by molar-refractivity contribution is 6.03. The van der Waals surface area contributed by atoms with E-state index < -0.39 is 11.6 Å². The van der Waals surface area contributed by atoms with E-state index in [0.717, 1.165) is 25.7 Å². The number of fused-ring (bicyclic) bond motifs is 1. The fraction of sp³-hybridized carbons (Fsp3) is 0.346. The number of carbonyl (C=O) groups excluding carboxylic acids is 1. The number of phenolic OH excluding ortho intramolecular Hbond substituents is 1. The van der Waals surface area contributed by atoms with Crippen LogP contribution in [0.4, 0.5) is 21.6 Å². The Kier molecular flexibility index (Phi) is 6.25. The number of aromatic nitrogens is 2. The summed E-state index contributed by atoms with van der Waals surface area (Å²) >= 11 is 0. The summed E-state index contributed by atoms with van der Waals surface area (Å²) in [4.78, 5) is 23.6. The third-order valence-corrected chi connectivity index (χ3v) is 6.93. The number of amides is 1. The van der Waals surface area contributed by atoms with Gasteiger partial charge in [0.05, 0.1) is 18.3 Å². The van der Waals surface area contributed by atoms with Gasteiger partial charge in [0.2, 0.25) is 5.91 Å². The molecule has 1 saturated heterocycles. The van der Waals surface area contributed by atoms with Gasteiger partial charge in [0.1, 0.15) is 17.9 Å². The summed E-state index contributed by atoms with van der Waals surface area (Å²) in [6, 6.07) is 7.37. The standard InChI is InChI=1S/C26H28FN5O3/c1-35-23-15-20-18(25(29-16-28-20)30-17-4-5-19(27)22(33)13-17)14-21(23)31-24(34)3-2-10-32-11-8-26(6-7-26)9-12-32/h2-5,13-16,33H,6-12H2,1H3,(H,31,34)(H,28,29,30)/b3-2+. The largest absolute Gasteiger partial charge is 0.505 e. The van der Waals surface area contributed by atoms with Crippen molar-refractivity contribution in [1.82, 2.24) is 14.9 Å². The number of piperidine rings is 1. The molecule has 1 spiro atoms. The first-order valence-corrected chi connectivity index (χ1v) is 11.7. The summed E-state index contributed by atoms with van der Waals surface area (Å²) in [7, 11) is 1.53. The molecular weight excluding hydrogens is 449 g/mol. The van der Waals surface area contributed by atoms with Gasteiger partial charge in [-0.2, -0.15) is 0 Å². The molecule has 0 atom stereocenters. The fourth-order valence-electron chi connectivity index (χ4n) is 4.55. The van der Waals surface area contributed by atoms with E-state index in [2.05, 4.69) is 25.5 Å². The van der Waals surface area contributed by atoms with Crippen LogP contribution in [0.25, 0.3) is 10.9 Å². The molecule has 2 fully saturated rings. The second-order valence-corrected chi connectivity index (χ2v) is 9.28. The van der Waals surface area contributed by atoms with Crippen molar-refractivity contribution in [3.63, 3.8) is 0 Å². The Morgan fingerprint density at radius 2 is 2.00 bits per heavy atom. The maximum atomic E-state index is 13.4. The highest BCUT2D eigenvalue weighted by atomic mass is 19.1. The molecule has 1 saturated carbocycles. The lowest BCUT2D eigenvalue weighted by atomic mass is 9.94. The van der Waals surface area contributed by atoms with Crippen LogP contribution in [0.5, 0.6) is 11.5 Å². The van der Waals surface area contributed by atoms with Gasteiger partial charge in [0.15, 0.2) is 11.6 Å². The predicted octanol–water partition coefficient (Wildman–Crippen LogP) is 4.60. The molecule has 1 amide bonds. The van der Waals surface area contributed by atoms with E-state index in [-0.39, 0.29) is 5.91 Å². The second-order valence-electron chi connectivity index (χ2n) is 9.28. The molecule has 1 aliphatic heterocycles. The first kappa shape index (κ1) is 23.0. The molecule has 35 heavy (non-hydrogen) atoms. The molecule has 0 radical (unpaired) electrons. The van der Waals surface area contributed by atoms with Gasteiger partial charge in [-0.1, -0.05) is 6.08 Å². The normalized spacial score (nSPS) is 17.1. The number of methoxy groups -OCH3 is 1. The third kappa shape index (κ3) is 5.19. The minimum atomic E-state index is -0.710. The van der Waals surface area contributed by atoms with Crippen LogP contribution in [0.2, 0.25) is 0 Å². The Balaban J connectivity index is 1.30. The number of anilines is 3. The van der Waals surface area contributed by atoms with Crippen molar-refractivity contribution in [1.29, 1.82) is 0 Å². The first-order chi connectivity index (χ1) is 16.9. The van der Waals surface area contributed by atoms with Crippen LogP contribution in [0.3, 0.4) is 0 Å². The minimum Gasteiger partial charge on any atom is -0.505 e. The van der Waals surface area contributed by atoms with Crippen molar-refractivity contribution in [2.75, 3.05) is 37.4 Å². The van der Waals surface area contributed by atoms with Crippen molar-refractivity contribution in [3.8, 4) is 11.5 Å². The molecule has 2 aromatic carbocycles. The Hall–Kier alpha value is -3.72. The number of aromatic hydroxyl groups is 1. The maximum absolute atomic E-state index is 13.4. The maximum Gasteiger partial charge on any atom is 0.248 e. The van der Waals surface area contributed by atoms with Gasteiger partial charge in [-0.25, -0.2) is 14.4 Å². The van der Waals surface area contributed by atoms with Gasteiger partial charge >= 0.3 is 0 Å². The van der Waals surface area contributed by atoms with E-state index in [4.69, 9.17) is 4.74 Å². The number of hydrogen-bond acceptors (Lipinski definition) is 7. The number of phenols is 1. The minimum absolute atomic E-state index is 0.256. The molecule has 3 N–H and O–H groups in total. The summed E-state index contributed by atoms with van der Waals surface area (Å²) in [5.41, 5.74) is 2.16. The topological polar surface area (TPSA) is 99.6 Å². The van der Waals surface area contributed by atoms with Crippen LogP contribution in [-0.4, -0.2) is 52.6 Å². The zero-order valence-corrected chi connectivity index (χ0v) is 19.6. The molecule has 2 aliphatic rings. The number of carbonyl (C=O) groups is 1. The van der Waals surface area contributed by atoms with Crippen molar-refractivity contribution in [2.24, 2.45) is 5.41 Å². The Bertz CT molecular complexity index is 1280. The summed E-state index contributed by atoms with van der Waals surface area (Å²) in [6.07, 6.45) is 10.1. The zero-order chi connectivity index (χ0) is 24.4. The number of likely N-dealkylation sites (tertiary alicyclic amines) is 1. The van der Waals surface area contributed by atoms with Gasteiger partial charge in [-0.15, -0.1) is 0 Å². The number of hydrogen-bond donors (Lipinski definition) is 3. The van der Waals surface area contributed by atoms with Crippen LogP contribution in [0.15, 0.2) is 48.8 Å². The molecule has 9 heteroatoms. The van der Waals surface area contributed by atoms with E-state index in [1.54, 1.807) is 18.2 Å². The molecule has 0 unspecified atom stereocenters. The Morgan fingerprint density at radius 1 is 1.20 bits per heavy atom. The summed E-state index contributed by atoms with van der Waals surface area (Å²) in [5, 5.41) is 16.2. The van der Waals surface area contributed by atoms with Crippen molar-refractivity contribution in [2.45, 2.75) is 25.7 Å². The van der Waals surface area contributed by atoms with Crippen LogP contribution in [0, 0.1) is 11.2 Å². The van der Waals surface area contributed by atoms with E-state index in [9.17, 15) is 14.3 Å². The van der Waals surface area contributed by atoms with Crippen molar-refractivity contribution < 1.29 is 19.0 Å². The summed E-state index contributed by atoms with van der Waals surface area (Å²) in [6.45, 7) is 2.93. The summed E-state index contributed by atoms with van der Waals surface area (Å²) < 4.78 is 18.9. The van der Waals surface area contributed by atoms with Crippen LogP contribution < -0.4 is 15.4 Å². The average molecular weight is 478 g/mol. The SMILES string of the molecule is COc1cc2ncnc(Nc3ccc(F)c(O)c3)c2cc1NC(=O)/C=C/CN1CCC2(CC1)CC2. The molecule has 3 aromatic rings. The molecule has 2 heterocycles. The van der Waals surface area contributed by atoms with Gasteiger partial charge < -0.3 is 20.5 Å². The van der Waals surface area contributed by atoms with E-state index >= 15 is 0 Å². The van der Waals surface area contributed by atoms with Gasteiger partial charge in [0, 0.05) is 35.8 Å². The Labute approximate surface area is 202 Å². The van der Waals surface area contributed by atoms with Crippen LogP contribution >= 0.6 is 0 Å². The zero-order valence-electron chi connectivity index (χ0n) is 19.6. The van der Waals surface area contributed by atoms with Gasteiger partial charge in [-0.05, 0) is 62.4 Å². The average Bonchev–Trinajstić information content (AvgIpc) is 3.61. The second kappa shape index (κ2) is 9.50. The first-order valence-electron chi connectivity index (χ1n) is 11.7. The molecular formula is C26H28FN5O3. The highest BCUT2D eigenvalue weighted by Crippen LogP contribution is 2.53. The number of benzene rings is 2. The monoisotopic (exact) mass is 477 g/mol. The smallest absolute Gasteiger partial charge is 0.248 e. The van der Waals surface area contributed by atoms with Crippen LogP contribution in [-0.2, 0) is 4.79 Å². The molecule has 5 rings (SSSR count). The molecule has 1 aromatic heterocycles. The lowest BCUT2D eigenvalue weighted by Gasteiger charge is -2.31. The van der Waals surface area contributed by atoms with E-state index in [0.29, 0.717) is 39.3 Å². The van der Waals surface area contributed by atoms with E-state index in [1.165, 1.54) is 51.3 Å². The van der Waals surface area contributed by atoms with Crippen LogP contribution in [0.1, 0.15) is 25.7 Å². The van der Waals surface area contributed by atoms with Crippen molar-refractivity contribution >= 4 is 34.0 Å². The number of ether oxygens (including phenoxy) is 1. The number of rotatable bonds is 7. The quantitative estimate of drug-likeness (QED) is 0.428. The highest BCUT2D eigenvalue weighted by Gasteiger charge is 2.44. The number of nitrogens with one attached hydrogen (secondary N) is 2. The Morgan fingerprint density at radius 3 is 2.71 bits per heavy atom. The summed E-state index contributed by atoms with van der Waals surface area (Å²) in [5.74, 6) is -0.528. The predicted molar refractivity (Wildman–Crippen MR) is 133 cm³/mol. The fourth-order valence-corrected chi connectivity index (χ4v) is 4.55. The number of nitrogens with zero attached hydrogens (tertiary/aromatic N) is 3. The lowest BCUT2D eigenvalue weighted by molar-refractivity contribution is -0.111. The molecule has 182 valence electrons. The third-order valence-electron chi connectivity index (χ3n) is 6.93. The number of halogens is 1. The molecule has 8 nitrogen and oxygen atoms in total. The van der Waals surface area contributed by atoms with Crippen molar-refractivity contribution in [3.05, 3.63) is 54.6 Å².